The predicted octanol–water partition coefficient (Wildman–Crippen LogP) is 0.908. The zero-order chi connectivity index (χ0) is 17.3. The van der Waals surface area contributed by atoms with Gasteiger partial charge in [0.05, 0.1) is 23.5 Å². The number of nitrogens with one attached hydrogen (secondary N) is 1. The van der Waals surface area contributed by atoms with Gasteiger partial charge in [0.2, 0.25) is 15.9 Å². The Bertz CT molecular complexity index is 755. The van der Waals surface area contributed by atoms with E-state index in [2.05, 4.69) is 5.32 Å². The summed E-state index contributed by atoms with van der Waals surface area (Å²) in [6.07, 6.45) is 1.93. The number of nitrogens with zero attached hydrogens (tertiary/aromatic N) is 1. The molecule has 2 saturated heterocycles. The van der Waals surface area contributed by atoms with Crippen LogP contribution in [0, 0.1) is 5.92 Å². The molecule has 7 nitrogen and oxygen atoms in total. The number of amides is 2. The summed E-state index contributed by atoms with van der Waals surface area (Å²) >= 11 is 0. The molecule has 2 amide bonds. The fourth-order valence-electron chi connectivity index (χ4n) is 2.97. The van der Waals surface area contributed by atoms with Crippen LogP contribution in [0.25, 0.3) is 0 Å². The molecule has 0 aliphatic carbocycles. The van der Waals surface area contributed by atoms with Crippen molar-refractivity contribution in [1.82, 2.24) is 5.32 Å². The zero-order valence-electron chi connectivity index (χ0n) is 13.4. The van der Waals surface area contributed by atoms with E-state index >= 15 is 0 Å². The number of carbonyl (C=O) groups is 2. The maximum Gasteiger partial charge on any atom is 0.251 e. The minimum atomic E-state index is -3.67. The van der Waals surface area contributed by atoms with E-state index in [1.54, 1.807) is 19.1 Å². The van der Waals surface area contributed by atoms with Gasteiger partial charge in [0.1, 0.15) is 0 Å². The standard InChI is InChI=1S/C16H20N2O5S/c1-11-10-24(21,22)18(16(11)20)13-5-2-4-12(8-13)15(19)17-9-14-6-3-7-23-14/h2,4-5,8,11,14H,3,6-7,9-10H2,1H3,(H,17,19)/t11-,14+/m0/s1. The van der Waals surface area contributed by atoms with Gasteiger partial charge in [-0.2, -0.15) is 0 Å². The molecule has 2 heterocycles. The van der Waals surface area contributed by atoms with Crippen LogP contribution in [0.2, 0.25) is 0 Å². The van der Waals surface area contributed by atoms with E-state index in [1.165, 1.54) is 12.1 Å². The van der Waals surface area contributed by atoms with Crippen LogP contribution in [0.5, 0.6) is 0 Å². The van der Waals surface area contributed by atoms with Gasteiger partial charge in [-0.3, -0.25) is 9.59 Å². The first-order chi connectivity index (χ1) is 11.4. The molecule has 2 fully saturated rings. The monoisotopic (exact) mass is 352 g/mol. The molecule has 0 saturated carbocycles. The van der Waals surface area contributed by atoms with Crippen molar-refractivity contribution in [2.24, 2.45) is 5.92 Å². The predicted molar refractivity (Wildman–Crippen MR) is 88.2 cm³/mol. The second-order valence-corrected chi connectivity index (χ2v) is 8.04. The third-order valence-corrected chi connectivity index (χ3v) is 6.09. The van der Waals surface area contributed by atoms with E-state index in [-0.39, 0.29) is 23.5 Å². The van der Waals surface area contributed by atoms with Gasteiger partial charge in [-0.15, -0.1) is 0 Å². The molecule has 0 spiro atoms. The highest BCUT2D eigenvalue weighted by molar-refractivity contribution is 7.94. The number of anilines is 1. The van der Waals surface area contributed by atoms with Gasteiger partial charge in [-0.25, -0.2) is 12.7 Å². The highest BCUT2D eigenvalue weighted by Crippen LogP contribution is 2.28. The van der Waals surface area contributed by atoms with Crippen molar-refractivity contribution in [1.29, 1.82) is 0 Å². The van der Waals surface area contributed by atoms with Crippen molar-refractivity contribution in [3.8, 4) is 0 Å². The fourth-order valence-corrected chi connectivity index (χ4v) is 4.79. The molecule has 1 aromatic carbocycles. The first-order valence-electron chi connectivity index (χ1n) is 7.95. The largest absolute Gasteiger partial charge is 0.376 e. The molecule has 130 valence electrons. The van der Waals surface area contributed by atoms with Crippen LogP contribution in [0.3, 0.4) is 0 Å². The van der Waals surface area contributed by atoms with E-state index in [1.807, 2.05) is 0 Å². The second-order valence-electron chi connectivity index (χ2n) is 6.18. The quantitative estimate of drug-likeness (QED) is 0.869. The van der Waals surface area contributed by atoms with E-state index in [4.69, 9.17) is 4.74 Å². The van der Waals surface area contributed by atoms with Gasteiger partial charge < -0.3 is 10.1 Å². The van der Waals surface area contributed by atoms with E-state index in [9.17, 15) is 18.0 Å². The maximum atomic E-state index is 12.3. The molecule has 2 aliphatic heterocycles. The maximum absolute atomic E-state index is 12.3. The Morgan fingerprint density at radius 3 is 2.83 bits per heavy atom. The Balaban J connectivity index is 1.76. The van der Waals surface area contributed by atoms with Gasteiger partial charge >= 0.3 is 0 Å². The van der Waals surface area contributed by atoms with Crippen molar-refractivity contribution >= 4 is 27.5 Å². The number of ether oxygens (including phenoxy) is 1. The lowest BCUT2D eigenvalue weighted by Crippen LogP contribution is -2.33. The Kier molecular flexibility index (Phi) is 4.60. The topological polar surface area (TPSA) is 92.8 Å². The lowest BCUT2D eigenvalue weighted by molar-refractivity contribution is -0.119. The second kappa shape index (κ2) is 6.52. The molecular formula is C16H20N2O5S. The lowest BCUT2D eigenvalue weighted by Gasteiger charge is -2.16. The van der Waals surface area contributed by atoms with Crippen molar-refractivity contribution in [3.05, 3.63) is 29.8 Å². The molecule has 0 bridgehead atoms. The van der Waals surface area contributed by atoms with Gasteiger partial charge in [0.15, 0.2) is 0 Å². The normalized spacial score (nSPS) is 25.9. The number of hydrogen-bond donors (Lipinski definition) is 1. The molecule has 2 atom stereocenters. The van der Waals surface area contributed by atoms with Crippen LogP contribution < -0.4 is 9.62 Å². The third kappa shape index (κ3) is 3.29. The number of benzene rings is 1. The number of sulfonamides is 1. The average molecular weight is 352 g/mol. The first kappa shape index (κ1) is 16.9. The molecule has 1 aromatic rings. The van der Waals surface area contributed by atoms with Crippen LogP contribution in [0.15, 0.2) is 24.3 Å². The van der Waals surface area contributed by atoms with Crippen LogP contribution in [-0.4, -0.2) is 45.2 Å². The molecule has 3 rings (SSSR count). The van der Waals surface area contributed by atoms with Crippen molar-refractivity contribution in [2.45, 2.75) is 25.9 Å². The van der Waals surface area contributed by atoms with Crippen molar-refractivity contribution in [3.63, 3.8) is 0 Å². The van der Waals surface area contributed by atoms with Gasteiger partial charge in [-0.1, -0.05) is 13.0 Å². The van der Waals surface area contributed by atoms with Gasteiger partial charge in [0.25, 0.3) is 5.91 Å². The van der Waals surface area contributed by atoms with Crippen LogP contribution in [0.1, 0.15) is 30.1 Å². The number of hydrogen-bond acceptors (Lipinski definition) is 5. The first-order valence-corrected chi connectivity index (χ1v) is 9.56. The van der Waals surface area contributed by atoms with Gasteiger partial charge in [0, 0.05) is 18.7 Å². The van der Waals surface area contributed by atoms with Crippen LogP contribution >= 0.6 is 0 Å². The Hall–Kier alpha value is -1.93. The number of carbonyl (C=O) groups excluding carboxylic acids is 2. The highest BCUT2D eigenvalue weighted by Gasteiger charge is 2.42. The summed E-state index contributed by atoms with van der Waals surface area (Å²) < 4.78 is 30.6. The van der Waals surface area contributed by atoms with Crippen LogP contribution in [-0.2, 0) is 19.6 Å². The summed E-state index contributed by atoms with van der Waals surface area (Å²) in [5.41, 5.74) is 0.516. The molecule has 0 aromatic heterocycles. The Morgan fingerprint density at radius 1 is 1.42 bits per heavy atom. The smallest absolute Gasteiger partial charge is 0.251 e. The summed E-state index contributed by atoms with van der Waals surface area (Å²) in [4.78, 5) is 24.4. The highest BCUT2D eigenvalue weighted by atomic mass is 32.2. The average Bonchev–Trinajstić information content (AvgIpc) is 3.11. The summed E-state index contributed by atoms with van der Waals surface area (Å²) in [5, 5.41) is 2.78. The Morgan fingerprint density at radius 2 is 2.21 bits per heavy atom. The molecular weight excluding hydrogens is 332 g/mol. The summed E-state index contributed by atoms with van der Waals surface area (Å²) in [6.45, 7) is 2.71. The van der Waals surface area contributed by atoms with E-state index < -0.39 is 21.8 Å². The van der Waals surface area contributed by atoms with E-state index in [0.29, 0.717) is 18.7 Å². The molecule has 0 unspecified atom stereocenters. The molecule has 8 heteroatoms. The minimum Gasteiger partial charge on any atom is -0.376 e. The molecule has 1 N–H and O–H groups in total. The SMILES string of the molecule is C[C@H]1CS(=O)(=O)N(c2cccc(C(=O)NC[C@H]3CCCO3)c2)C1=O. The minimum absolute atomic E-state index is 0.0264. The summed E-state index contributed by atoms with van der Waals surface area (Å²) in [7, 11) is -3.67. The van der Waals surface area contributed by atoms with Crippen molar-refractivity contribution < 1.29 is 22.7 Å². The zero-order valence-corrected chi connectivity index (χ0v) is 14.2. The fraction of sp³-hybridized carbons (Fsp3) is 0.500. The molecule has 0 radical (unpaired) electrons. The number of rotatable bonds is 4. The van der Waals surface area contributed by atoms with E-state index in [0.717, 1.165) is 17.1 Å². The molecule has 24 heavy (non-hydrogen) atoms. The Labute approximate surface area is 141 Å². The van der Waals surface area contributed by atoms with Crippen molar-refractivity contribution in [2.75, 3.05) is 23.2 Å². The third-order valence-electron chi connectivity index (χ3n) is 4.22. The van der Waals surface area contributed by atoms with Crippen LogP contribution in [0.4, 0.5) is 5.69 Å². The molecule has 2 aliphatic rings. The summed E-state index contributed by atoms with van der Waals surface area (Å²) in [6, 6.07) is 6.11. The van der Waals surface area contributed by atoms with Gasteiger partial charge in [-0.05, 0) is 31.0 Å². The lowest BCUT2D eigenvalue weighted by atomic mass is 10.1. The summed E-state index contributed by atoms with van der Waals surface area (Å²) in [5.74, 6) is -1.57.